The maximum absolute atomic E-state index is 13.6. The van der Waals surface area contributed by atoms with Gasteiger partial charge in [-0.2, -0.15) is 4.98 Å². The molecule has 18 heavy (non-hydrogen) atoms. The molecule has 1 aromatic heterocycles. The Kier molecular flexibility index (Phi) is 3.06. The van der Waals surface area contributed by atoms with Gasteiger partial charge in [-0.25, -0.2) is 4.39 Å². The summed E-state index contributed by atoms with van der Waals surface area (Å²) in [6.45, 7) is 1.88. The molecule has 1 aromatic carbocycles. The van der Waals surface area contributed by atoms with Gasteiger partial charge in [0.15, 0.2) is 0 Å². The van der Waals surface area contributed by atoms with Crippen molar-refractivity contribution in [3.63, 3.8) is 0 Å². The van der Waals surface area contributed by atoms with Crippen LogP contribution in [0.15, 0.2) is 28.8 Å². The second-order valence-corrected chi connectivity index (χ2v) is 4.48. The number of rotatable bonds is 2. The van der Waals surface area contributed by atoms with E-state index in [1.54, 1.807) is 18.2 Å². The molecular weight excluding hydrogens is 233 g/mol. The van der Waals surface area contributed by atoms with Crippen molar-refractivity contribution in [1.29, 1.82) is 0 Å². The molecule has 2 aromatic rings. The van der Waals surface area contributed by atoms with E-state index in [2.05, 4.69) is 15.5 Å². The lowest BCUT2D eigenvalue weighted by Gasteiger charge is -2.18. The lowest BCUT2D eigenvalue weighted by atomic mass is 10.00. The average Bonchev–Trinajstić information content (AvgIpc) is 2.90. The van der Waals surface area contributed by atoms with Crippen molar-refractivity contribution in [3.05, 3.63) is 36.0 Å². The largest absolute Gasteiger partial charge is 0.339 e. The highest BCUT2D eigenvalue weighted by atomic mass is 19.1. The van der Waals surface area contributed by atoms with Gasteiger partial charge in [0, 0.05) is 6.54 Å². The standard InChI is InChI=1S/C13H14FN3O/c14-11-6-2-1-5-10(11)12-16-13(18-17-12)9-4-3-7-15-8-9/h1-2,5-6,9,15H,3-4,7-8H2/t9-/m1/s1. The summed E-state index contributed by atoms with van der Waals surface area (Å²) in [5.74, 6) is 0.840. The van der Waals surface area contributed by atoms with Crippen molar-refractivity contribution in [1.82, 2.24) is 15.5 Å². The third kappa shape index (κ3) is 2.13. The van der Waals surface area contributed by atoms with Crippen LogP contribution in [0.2, 0.25) is 0 Å². The van der Waals surface area contributed by atoms with Crippen LogP contribution in [-0.4, -0.2) is 23.2 Å². The second-order valence-electron chi connectivity index (χ2n) is 4.48. The predicted molar refractivity (Wildman–Crippen MR) is 64.5 cm³/mol. The van der Waals surface area contributed by atoms with Gasteiger partial charge in [0.25, 0.3) is 0 Å². The average molecular weight is 247 g/mol. The van der Waals surface area contributed by atoms with Gasteiger partial charge in [-0.3, -0.25) is 0 Å². The number of hydrogen-bond acceptors (Lipinski definition) is 4. The highest BCUT2D eigenvalue weighted by Crippen LogP contribution is 2.25. The molecule has 4 nitrogen and oxygen atoms in total. The van der Waals surface area contributed by atoms with Crippen molar-refractivity contribution < 1.29 is 8.91 Å². The van der Waals surface area contributed by atoms with Crippen LogP contribution in [0.5, 0.6) is 0 Å². The maximum atomic E-state index is 13.6. The van der Waals surface area contributed by atoms with E-state index in [1.165, 1.54) is 6.07 Å². The van der Waals surface area contributed by atoms with Crippen molar-refractivity contribution in [2.75, 3.05) is 13.1 Å². The molecule has 1 atom stereocenters. The van der Waals surface area contributed by atoms with Crippen molar-refractivity contribution in [3.8, 4) is 11.4 Å². The third-order valence-corrected chi connectivity index (χ3v) is 3.20. The molecule has 0 unspecified atom stereocenters. The summed E-state index contributed by atoms with van der Waals surface area (Å²) < 4.78 is 18.8. The molecule has 0 amide bonds. The van der Waals surface area contributed by atoms with E-state index in [0.717, 1.165) is 25.9 Å². The maximum Gasteiger partial charge on any atom is 0.231 e. The summed E-state index contributed by atoms with van der Waals surface area (Å²) in [6.07, 6.45) is 2.13. The Morgan fingerprint density at radius 3 is 3.00 bits per heavy atom. The fourth-order valence-corrected chi connectivity index (χ4v) is 2.22. The Balaban J connectivity index is 1.87. The number of aromatic nitrogens is 2. The van der Waals surface area contributed by atoms with Gasteiger partial charge in [0.1, 0.15) is 5.82 Å². The smallest absolute Gasteiger partial charge is 0.231 e. The third-order valence-electron chi connectivity index (χ3n) is 3.20. The van der Waals surface area contributed by atoms with Gasteiger partial charge in [0.05, 0.1) is 11.5 Å². The fourth-order valence-electron chi connectivity index (χ4n) is 2.22. The molecule has 0 saturated carbocycles. The molecule has 2 heterocycles. The monoisotopic (exact) mass is 247 g/mol. The number of halogens is 1. The molecule has 1 aliphatic rings. The van der Waals surface area contributed by atoms with Crippen LogP contribution in [0.25, 0.3) is 11.4 Å². The zero-order chi connectivity index (χ0) is 12.4. The van der Waals surface area contributed by atoms with Crippen LogP contribution in [0, 0.1) is 5.82 Å². The SMILES string of the molecule is Fc1ccccc1-c1noc([C@@H]2CCCNC2)n1. The number of hydrogen-bond donors (Lipinski definition) is 1. The zero-order valence-corrected chi connectivity index (χ0v) is 9.90. The van der Waals surface area contributed by atoms with Gasteiger partial charge in [-0.05, 0) is 31.5 Å². The minimum absolute atomic E-state index is 0.242. The summed E-state index contributed by atoms with van der Waals surface area (Å²) in [6, 6.07) is 6.46. The van der Waals surface area contributed by atoms with Crippen molar-refractivity contribution in [2.24, 2.45) is 0 Å². The van der Waals surface area contributed by atoms with Crippen LogP contribution >= 0.6 is 0 Å². The summed E-state index contributed by atoms with van der Waals surface area (Å²) in [4.78, 5) is 4.31. The minimum atomic E-state index is -0.327. The van der Waals surface area contributed by atoms with Gasteiger partial charge in [0.2, 0.25) is 11.7 Å². The molecule has 1 N–H and O–H groups in total. The first-order chi connectivity index (χ1) is 8.84. The van der Waals surface area contributed by atoms with Crippen LogP contribution in [-0.2, 0) is 0 Å². The van der Waals surface area contributed by atoms with Crippen LogP contribution in [0.4, 0.5) is 4.39 Å². The summed E-state index contributed by atoms with van der Waals surface area (Å²) in [7, 11) is 0. The van der Waals surface area contributed by atoms with E-state index in [0.29, 0.717) is 17.3 Å². The molecule has 0 bridgehead atoms. The topological polar surface area (TPSA) is 51.0 Å². The minimum Gasteiger partial charge on any atom is -0.339 e. The molecule has 5 heteroatoms. The first kappa shape index (κ1) is 11.3. The molecule has 1 saturated heterocycles. The highest BCUT2D eigenvalue weighted by molar-refractivity contribution is 5.54. The lowest BCUT2D eigenvalue weighted by Crippen LogP contribution is -2.28. The Morgan fingerprint density at radius 2 is 2.22 bits per heavy atom. The number of benzene rings is 1. The predicted octanol–water partition coefficient (Wildman–Crippen LogP) is 2.34. The highest BCUT2D eigenvalue weighted by Gasteiger charge is 2.22. The first-order valence-electron chi connectivity index (χ1n) is 6.14. The normalized spacial score (nSPS) is 19.9. The Labute approximate surface area is 104 Å². The fraction of sp³-hybridized carbons (Fsp3) is 0.385. The van der Waals surface area contributed by atoms with Gasteiger partial charge in [-0.1, -0.05) is 17.3 Å². The van der Waals surface area contributed by atoms with E-state index >= 15 is 0 Å². The van der Waals surface area contributed by atoms with Crippen LogP contribution in [0.1, 0.15) is 24.7 Å². The molecule has 3 rings (SSSR count). The van der Waals surface area contributed by atoms with Crippen LogP contribution < -0.4 is 5.32 Å². The summed E-state index contributed by atoms with van der Waals surface area (Å²) in [5.41, 5.74) is 0.385. The van der Waals surface area contributed by atoms with E-state index in [-0.39, 0.29) is 11.7 Å². The molecule has 1 fully saturated rings. The Bertz CT molecular complexity index is 535. The number of nitrogens with one attached hydrogen (secondary N) is 1. The van der Waals surface area contributed by atoms with E-state index in [1.807, 2.05) is 0 Å². The van der Waals surface area contributed by atoms with Crippen LogP contribution in [0.3, 0.4) is 0 Å². The van der Waals surface area contributed by atoms with Gasteiger partial charge in [-0.15, -0.1) is 0 Å². The van der Waals surface area contributed by atoms with Gasteiger partial charge < -0.3 is 9.84 Å². The second kappa shape index (κ2) is 4.86. The number of nitrogens with zero attached hydrogens (tertiary/aromatic N) is 2. The van der Waals surface area contributed by atoms with E-state index < -0.39 is 0 Å². The summed E-state index contributed by atoms with van der Waals surface area (Å²) >= 11 is 0. The Morgan fingerprint density at radius 1 is 1.33 bits per heavy atom. The van der Waals surface area contributed by atoms with Crippen molar-refractivity contribution >= 4 is 0 Å². The van der Waals surface area contributed by atoms with E-state index in [9.17, 15) is 4.39 Å². The Hall–Kier alpha value is -1.75. The van der Waals surface area contributed by atoms with Gasteiger partial charge >= 0.3 is 0 Å². The molecule has 1 aliphatic heterocycles. The molecule has 0 spiro atoms. The molecular formula is C13H14FN3O. The zero-order valence-electron chi connectivity index (χ0n) is 9.90. The van der Waals surface area contributed by atoms with E-state index in [4.69, 9.17) is 4.52 Å². The molecule has 0 aliphatic carbocycles. The lowest BCUT2D eigenvalue weighted by molar-refractivity contribution is 0.322. The quantitative estimate of drug-likeness (QED) is 0.885. The first-order valence-corrected chi connectivity index (χ1v) is 6.14. The molecule has 94 valence electrons. The van der Waals surface area contributed by atoms with Crippen molar-refractivity contribution in [2.45, 2.75) is 18.8 Å². The number of piperidine rings is 1. The summed E-state index contributed by atoms with van der Waals surface area (Å²) in [5, 5.41) is 7.16. The molecule has 0 radical (unpaired) electrons.